The Balaban J connectivity index is 1.83. The molecule has 0 saturated carbocycles. The van der Waals surface area contributed by atoms with E-state index in [1.807, 2.05) is 11.5 Å². The number of nitrogens with one attached hydrogen (secondary N) is 2. The Hall–Kier alpha value is -2.97. The number of amides is 1. The molecule has 4 N–H and O–H groups in total. The van der Waals surface area contributed by atoms with Crippen molar-refractivity contribution in [1.29, 1.82) is 0 Å². The van der Waals surface area contributed by atoms with E-state index in [4.69, 9.17) is 5.73 Å². The molecule has 146 valence electrons. The Morgan fingerprint density at radius 2 is 2.07 bits per heavy atom. The van der Waals surface area contributed by atoms with Gasteiger partial charge in [0.2, 0.25) is 5.91 Å². The number of aliphatic imine (C=N–C) groups is 1. The van der Waals surface area contributed by atoms with E-state index in [9.17, 15) is 9.18 Å². The first kappa shape index (κ1) is 20.3. The Morgan fingerprint density at radius 3 is 2.70 bits per heavy atom. The average Bonchev–Trinajstić information content (AvgIpc) is 3.12. The molecule has 1 heterocycles. The molecule has 1 aromatic heterocycles. The highest BCUT2D eigenvalue weighted by Gasteiger charge is 2.16. The van der Waals surface area contributed by atoms with Gasteiger partial charge in [-0.3, -0.25) is 9.79 Å². The quantitative estimate of drug-likeness (QED) is 0.436. The lowest BCUT2D eigenvalue weighted by Crippen LogP contribution is -2.43. The van der Waals surface area contributed by atoms with E-state index >= 15 is 0 Å². The summed E-state index contributed by atoms with van der Waals surface area (Å²) in [6.07, 6.45) is 2.94. The van der Waals surface area contributed by atoms with Crippen molar-refractivity contribution in [3.63, 3.8) is 0 Å². The van der Waals surface area contributed by atoms with Crippen molar-refractivity contribution >= 4 is 11.9 Å². The summed E-state index contributed by atoms with van der Waals surface area (Å²) < 4.78 is 15.0. The van der Waals surface area contributed by atoms with Crippen LogP contribution in [0.5, 0.6) is 0 Å². The molecular weight excluding hydrogens is 349 g/mol. The van der Waals surface area contributed by atoms with Crippen molar-refractivity contribution < 1.29 is 9.18 Å². The molecule has 2 rings (SSSR count). The maximum Gasteiger partial charge on any atom is 0.222 e. The van der Waals surface area contributed by atoms with Crippen molar-refractivity contribution in [2.45, 2.75) is 26.3 Å². The van der Waals surface area contributed by atoms with Gasteiger partial charge in [0.25, 0.3) is 0 Å². The molecule has 8 nitrogen and oxygen atoms in total. The Labute approximate surface area is 158 Å². The van der Waals surface area contributed by atoms with Gasteiger partial charge in [-0.2, -0.15) is 0 Å². The normalized spacial score (nSPS) is 12.6. The molecule has 0 aliphatic heterocycles. The van der Waals surface area contributed by atoms with Gasteiger partial charge in [0.1, 0.15) is 18.0 Å². The summed E-state index contributed by atoms with van der Waals surface area (Å²) in [7, 11) is 1.66. The molecule has 1 amide bonds. The van der Waals surface area contributed by atoms with Crippen molar-refractivity contribution in [2.24, 2.45) is 16.6 Å². The highest BCUT2D eigenvalue weighted by Crippen LogP contribution is 2.09. The fourth-order valence-electron chi connectivity index (χ4n) is 2.65. The van der Waals surface area contributed by atoms with E-state index in [0.29, 0.717) is 32.0 Å². The van der Waals surface area contributed by atoms with Crippen molar-refractivity contribution in [1.82, 2.24) is 25.4 Å². The summed E-state index contributed by atoms with van der Waals surface area (Å²) in [5.74, 6) is 0.341. The molecule has 1 unspecified atom stereocenters. The number of guanidine groups is 1. The van der Waals surface area contributed by atoms with E-state index in [0.717, 1.165) is 17.8 Å². The van der Waals surface area contributed by atoms with Gasteiger partial charge in [-0.25, -0.2) is 4.39 Å². The number of carbonyl (C=O) groups excluding carboxylic acids is 1. The standard InChI is InChI=1S/C18H26FN7O/c1-3-16-25-24-12-26(16)9-8-22-18(21-2)23-11-14(17(20)27)10-13-4-6-15(19)7-5-13/h4-7,12,14H,3,8-11H2,1-2H3,(H2,20,27)(H2,21,22,23). The van der Waals surface area contributed by atoms with Crippen LogP contribution < -0.4 is 16.4 Å². The van der Waals surface area contributed by atoms with Gasteiger partial charge >= 0.3 is 0 Å². The lowest BCUT2D eigenvalue weighted by atomic mass is 9.98. The number of aromatic nitrogens is 3. The number of nitrogens with zero attached hydrogens (tertiary/aromatic N) is 4. The number of halogens is 1. The van der Waals surface area contributed by atoms with E-state index < -0.39 is 11.8 Å². The zero-order valence-corrected chi connectivity index (χ0v) is 15.7. The fourth-order valence-corrected chi connectivity index (χ4v) is 2.65. The molecule has 0 saturated heterocycles. The summed E-state index contributed by atoms with van der Waals surface area (Å²) in [6, 6.07) is 6.05. The molecule has 0 aliphatic carbocycles. The lowest BCUT2D eigenvalue weighted by molar-refractivity contribution is -0.121. The fraction of sp³-hybridized carbons (Fsp3) is 0.444. The minimum Gasteiger partial charge on any atom is -0.369 e. The van der Waals surface area contributed by atoms with Crippen molar-refractivity contribution in [3.8, 4) is 0 Å². The predicted octanol–water partition coefficient (Wildman–Crippen LogP) is 0.489. The second-order valence-electron chi connectivity index (χ2n) is 6.10. The number of nitrogens with two attached hydrogens (primary N) is 1. The molecule has 0 aliphatic rings. The molecule has 0 bridgehead atoms. The van der Waals surface area contributed by atoms with Gasteiger partial charge in [0.15, 0.2) is 5.96 Å². The van der Waals surface area contributed by atoms with Crippen LogP contribution in [0.1, 0.15) is 18.3 Å². The van der Waals surface area contributed by atoms with E-state index in [1.165, 1.54) is 12.1 Å². The van der Waals surface area contributed by atoms with E-state index in [2.05, 4.69) is 25.8 Å². The third kappa shape index (κ3) is 6.36. The first-order valence-electron chi connectivity index (χ1n) is 8.88. The van der Waals surface area contributed by atoms with Crippen LogP contribution in [-0.4, -0.2) is 46.8 Å². The molecule has 0 spiro atoms. The second kappa shape index (κ2) is 10.2. The maximum atomic E-state index is 13.0. The first-order chi connectivity index (χ1) is 13.0. The molecule has 1 aromatic carbocycles. The third-order valence-electron chi connectivity index (χ3n) is 4.19. The zero-order chi connectivity index (χ0) is 19.6. The van der Waals surface area contributed by atoms with Crippen LogP contribution in [0.4, 0.5) is 4.39 Å². The number of primary amides is 1. The average molecular weight is 375 g/mol. The van der Waals surface area contributed by atoms with Gasteiger partial charge < -0.3 is 20.9 Å². The molecular formula is C18H26FN7O. The SMILES string of the molecule is CCc1nncn1CCNC(=NC)NCC(Cc1ccc(F)cc1)C(N)=O. The molecule has 2 aromatic rings. The van der Waals surface area contributed by atoms with E-state index in [1.54, 1.807) is 25.5 Å². The second-order valence-corrected chi connectivity index (χ2v) is 6.10. The van der Waals surface area contributed by atoms with Crippen molar-refractivity contribution in [3.05, 3.63) is 47.8 Å². The molecule has 27 heavy (non-hydrogen) atoms. The Bertz CT molecular complexity index is 757. The number of carbonyl (C=O) groups is 1. The molecule has 0 fully saturated rings. The van der Waals surface area contributed by atoms with Crippen LogP contribution in [0.25, 0.3) is 0 Å². The number of rotatable bonds is 9. The van der Waals surface area contributed by atoms with Gasteiger partial charge in [-0.15, -0.1) is 10.2 Å². The summed E-state index contributed by atoms with van der Waals surface area (Å²) in [5, 5.41) is 14.2. The summed E-state index contributed by atoms with van der Waals surface area (Å²) in [5.41, 5.74) is 6.36. The summed E-state index contributed by atoms with van der Waals surface area (Å²) >= 11 is 0. The minimum absolute atomic E-state index is 0.309. The largest absolute Gasteiger partial charge is 0.369 e. The topological polar surface area (TPSA) is 110 Å². The van der Waals surface area contributed by atoms with Gasteiger partial charge in [0, 0.05) is 33.1 Å². The smallest absolute Gasteiger partial charge is 0.222 e. The monoisotopic (exact) mass is 375 g/mol. The molecule has 0 radical (unpaired) electrons. The maximum absolute atomic E-state index is 13.0. The molecule has 1 atom stereocenters. The van der Waals surface area contributed by atoms with Crippen LogP contribution in [-0.2, 0) is 24.2 Å². The predicted molar refractivity (Wildman–Crippen MR) is 102 cm³/mol. The third-order valence-corrected chi connectivity index (χ3v) is 4.19. The Kier molecular flexibility index (Phi) is 7.72. The van der Waals surface area contributed by atoms with Crippen molar-refractivity contribution in [2.75, 3.05) is 20.1 Å². The highest BCUT2D eigenvalue weighted by atomic mass is 19.1. The number of hydrogen-bond donors (Lipinski definition) is 3. The van der Waals surface area contributed by atoms with Crippen LogP contribution >= 0.6 is 0 Å². The van der Waals surface area contributed by atoms with Gasteiger partial charge in [0.05, 0.1) is 5.92 Å². The molecule has 9 heteroatoms. The van der Waals surface area contributed by atoms with Gasteiger partial charge in [-0.05, 0) is 24.1 Å². The minimum atomic E-state index is -0.432. The Morgan fingerprint density at radius 1 is 1.33 bits per heavy atom. The van der Waals surface area contributed by atoms with Crippen LogP contribution in [0.2, 0.25) is 0 Å². The summed E-state index contributed by atoms with van der Waals surface area (Å²) in [4.78, 5) is 15.9. The van der Waals surface area contributed by atoms with Crippen LogP contribution in [0.3, 0.4) is 0 Å². The highest BCUT2D eigenvalue weighted by molar-refractivity contribution is 5.81. The summed E-state index contributed by atoms with van der Waals surface area (Å²) in [6.45, 7) is 3.69. The lowest BCUT2D eigenvalue weighted by Gasteiger charge is -2.17. The van der Waals surface area contributed by atoms with Crippen LogP contribution in [0, 0.1) is 11.7 Å². The number of benzene rings is 1. The first-order valence-corrected chi connectivity index (χ1v) is 8.88. The van der Waals surface area contributed by atoms with Gasteiger partial charge in [-0.1, -0.05) is 19.1 Å². The number of hydrogen-bond acceptors (Lipinski definition) is 4. The van der Waals surface area contributed by atoms with E-state index in [-0.39, 0.29) is 5.82 Å². The van der Waals surface area contributed by atoms with Crippen LogP contribution in [0.15, 0.2) is 35.6 Å². The number of aryl methyl sites for hydroxylation is 1. The zero-order valence-electron chi connectivity index (χ0n) is 15.7.